The molecule has 2 aliphatic rings. The second-order valence-corrected chi connectivity index (χ2v) is 9.04. The van der Waals surface area contributed by atoms with Gasteiger partial charge in [-0.25, -0.2) is 0 Å². The van der Waals surface area contributed by atoms with Crippen molar-refractivity contribution in [1.82, 2.24) is 14.9 Å². The van der Waals surface area contributed by atoms with E-state index in [0.717, 1.165) is 22.9 Å². The average molecular weight is 431 g/mol. The predicted molar refractivity (Wildman–Crippen MR) is 130 cm³/mol. The molecule has 1 aliphatic carbocycles. The number of aromatic nitrogens is 2. The highest BCUT2D eigenvalue weighted by Crippen LogP contribution is 2.43. The first-order valence-corrected chi connectivity index (χ1v) is 11.9. The van der Waals surface area contributed by atoms with Crippen molar-refractivity contribution < 1.29 is 0 Å². The molecule has 4 nitrogen and oxygen atoms in total. The third-order valence-corrected chi connectivity index (χ3v) is 7.12. The number of nitrogens with zero attached hydrogens (tertiary/aromatic N) is 3. The fourth-order valence-corrected chi connectivity index (χ4v) is 5.52. The van der Waals surface area contributed by atoms with Gasteiger partial charge in [0.15, 0.2) is 5.11 Å². The molecule has 0 amide bonds. The highest BCUT2D eigenvalue weighted by atomic mass is 32.1. The van der Waals surface area contributed by atoms with Gasteiger partial charge >= 0.3 is 0 Å². The molecule has 0 spiro atoms. The molecule has 2 aromatic heterocycles. The Labute approximate surface area is 190 Å². The quantitative estimate of drug-likeness (QED) is 0.494. The van der Waals surface area contributed by atoms with Crippen molar-refractivity contribution in [3.63, 3.8) is 0 Å². The topological polar surface area (TPSA) is 33.1 Å². The van der Waals surface area contributed by atoms with Crippen molar-refractivity contribution >= 4 is 23.0 Å². The van der Waals surface area contributed by atoms with Crippen LogP contribution in [0.5, 0.6) is 0 Å². The number of aryl methyl sites for hydroxylation is 1. The van der Waals surface area contributed by atoms with E-state index in [1.54, 1.807) is 0 Å². The van der Waals surface area contributed by atoms with Crippen molar-refractivity contribution in [3.05, 3.63) is 83.9 Å². The molecule has 3 aromatic rings. The van der Waals surface area contributed by atoms with Gasteiger partial charge in [-0.05, 0) is 73.4 Å². The third-order valence-electron chi connectivity index (χ3n) is 6.80. The van der Waals surface area contributed by atoms with Gasteiger partial charge in [-0.3, -0.25) is 4.98 Å². The smallest absolute Gasteiger partial charge is 0.174 e. The largest absolute Gasteiger partial charge is 0.351 e. The van der Waals surface area contributed by atoms with Crippen LogP contribution >= 0.6 is 12.2 Å². The summed E-state index contributed by atoms with van der Waals surface area (Å²) < 4.78 is 2.52. The molecule has 31 heavy (non-hydrogen) atoms. The van der Waals surface area contributed by atoms with Crippen molar-refractivity contribution in [3.8, 4) is 0 Å². The minimum atomic E-state index is 0.0109. The Morgan fingerprint density at radius 3 is 2.52 bits per heavy atom. The van der Waals surface area contributed by atoms with Gasteiger partial charge in [0.1, 0.15) is 6.04 Å². The molecule has 0 radical (unpaired) electrons. The van der Waals surface area contributed by atoms with Crippen LogP contribution in [0, 0.1) is 0 Å². The average Bonchev–Trinajstić information content (AvgIpc) is 3.44. The summed E-state index contributed by atoms with van der Waals surface area (Å²) in [7, 11) is 0. The first kappa shape index (κ1) is 20.3. The Morgan fingerprint density at radius 2 is 1.81 bits per heavy atom. The first-order valence-electron chi connectivity index (χ1n) is 11.5. The molecular formula is C26H30N4S. The van der Waals surface area contributed by atoms with Crippen molar-refractivity contribution in [2.75, 3.05) is 4.90 Å². The van der Waals surface area contributed by atoms with Crippen LogP contribution in [-0.4, -0.2) is 14.7 Å². The van der Waals surface area contributed by atoms with Crippen molar-refractivity contribution in [2.24, 2.45) is 0 Å². The Bertz CT molecular complexity index is 1020. The van der Waals surface area contributed by atoms with Crippen LogP contribution in [0.1, 0.15) is 74.1 Å². The summed E-state index contributed by atoms with van der Waals surface area (Å²) in [4.78, 5) is 6.99. The first-order chi connectivity index (χ1) is 15.3. The number of rotatable bonds is 5. The van der Waals surface area contributed by atoms with E-state index < -0.39 is 0 Å². The van der Waals surface area contributed by atoms with Crippen molar-refractivity contribution in [2.45, 2.75) is 63.6 Å². The van der Waals surface area contributed by atoms with Gasteiger partial charge in [0.25, 0.3) is 0 Å². The third kappa shape index (κ3) is 3.87. The summed E-state index contributed by atoms with van der Waals surface area (Å²) in [5.74, 6) is 0. The molecule has 160 valence electrons. The van der Waals surface area contributed by atoms with E-state index in [1.807, 2.05) is 12.3 Å². The molecule has 3 heterocycles. The van der Waals surface area contributed by atoms with Gasteiger partial charge in [0, 0.05) is 29.8 Å². The summed E-state index contributed by atoms with van der Waals surface area (Å²) in [6.07, 6.45) is 11.7. The number of hydrogen-bond donors (Lipinski definition) is 1. The molecule has 0 unspecified atom stereocenters. The Morgan fingerprint density at radius 1 is 1.00 bits per heavy atom. The maximum atomic E-state index is 5.89. The van der Waals surface area contributed by atoms with E-state index in [-0.39, 0.29) is 12.1 Å². The van der Waals surface area contributed by atoms with E-state index in [0.29, 0.717) is 6.04 Å². The van der Waals surface area contributed by atoms with E-state index in [1.165, 1.54) is 43.4 Å². The second-order valence-electron chi connectivity index (χ2n) is 8.65. The monoisotopic (exact) mass is 430 g/mol. The summed E-state index contributed by atoms with van der Waals surface area (Å²) >= 11 is 5.89. The van der Waals surface area contributed by atoms with Gasteiger partial charge < -0.3 is 14.8 Å². The highest BCUT2D eigenvalue weighted by Gasteiger charge is 2.42. The predicted octanol–water partition coefficient (Wildman–Crippen LogP) is 6.13. The maximum Gasteiger partial charge on any atom is 0.174 e. The number of benzene rings is 1. The molecule has 1 aliphatic heterocycles. The molecule has 1 saturated heterocycles. The van der Waals surface area contributed by atoms with Gasteiger partial charge in [-0.15, -0.1) is 0 Å². The summed E-state index contributed by atoms with van der Waals surface area (Å²) in [6, 6.07) is 20.1. The van der Waals surface area contributed by atoms with Crippen LogP contribution in [0.15, 0.2) is 67.0 Å². The molecule has 5 rings (SSSR count). The Kier molecular flexibility index (Phi) is 5.77. The van der Waals surface area contributed by atoms with Gasteiger partial charge in [-0.2, -0.15) is 0 Å². The van der Waals surface area contributed by atoms with E-state index in [9.17, 15) is 0 Å². The van der Waals surface area contributed by atoms with Crippen LogP contribution in [0.25, 0.3) is 0 Å². The molecular weight excluding hydrogens is 400 g/mol. The molecule has 5 heteroatoms. The number of anilines is 1. The Hall–Kier alpha value is -2.66. The van der Waals surface area contributed by atoms with Crippen LogP contribution in [0.3, 0.4) is 0 Å². The number of nitrogens with one attached hydrogen (secondary N) is 1. The zero-order valence-electron chi connectivity index (χ0n) is 18.1. The second kappa shape index (κ2) is 8.83. The van der Waals surface area contributed by atoms with Crippen LogP contribution < -0.4 is 10.2 Å². The van der Waals surface area contributed by atoms with Gasteiger partial charge in [-0.1, -0.05) is 44.4 Å². The lowest BCUT2D eigenvalue weighted by atomic mass is 9.94. The molecule has 1 aromatic carbocycles. The Balaban J connectivity index is 1.59. The SMILES string of the molecule is CCc1ccc(N2C(=S)N[C@@H](c3ccccn3)[C@H]2c2cccn2C2CCCCC2)cc1. The molecule has 2 fully saturated rings. The molecule has 2 atom stereocenters. The molecule has 1 saturated carbocycles. The zero-order valence-corrected chi connectivity index (χ0v) is 18.9. The fourth-order valence-electron chi connectivity index (χ4n) is 5.18. The summed E-state index contributed by atoms with van der Waals surface area (Å²) in [5, 5.41) is 4.36. The maximum absolute atomic E-state index is 5.89. The summed E-state index contributed by atoms with van der Waals surface area (Å²) in [5.41, 5.74) is 4.81. The van der Waals surface area contributed by atoms with Gasteiger partial charge in [0.05, 0.1) is 11.7 Å². The van der Waals surface area contributed by atoms with E-state index >= 15 is 0 Å². The molecule has 0 bridgehead atoms. The minimum absolute atomic E-state index is 0.0109. The van der Waals surface area contributed by atoms with Crippen LogP contribution in [-0.2, 0) is 6.42 Å². The lowest BCUT2D eigenvalue weighted by Crippen LogP contribution is -2.31. The van der Waals surface area contributed by atoms with Crippen LogP contribution in [0.2, 0.25) is 0 Å². The minimum Gasteiger partial charge on any atom is -0.351 e. The summed E-state index contributed by atoms with van der Waals surface area (Å²) in [6.45, 7) is 2.19. The van der Waals surface area contributed by atoms with Gasteiger partial charge in [0.2, 0.25) is 0 Å². The normalized spacial score (nSPS) is 22.0. The lowest BCUT2D eigenvalue weighted by molar-refractivity contribution is 0.340. The van der Waals surface area contributed by atoms with E-state index in [4.69, 9.17) is 17.2 Å². The number of pyridine rings is 1. The van der Waals surface area contributed by atoms with E-state index in [2.05, 4.69) is 76.4 Å². The lowest BCUT2D eigenvalue weighted by Gasteiger charge is -2.32. The highest BCUT2D eigenvalue weighted by molar-refractivity contribution is 7.80. The number of hydrogen-bond acceptors (Lipinski definition) is 2. The number of thiocarbonyl (C=S) groups is 1. The zero-order chi connectivity index (χ0) is 21.2. The standard InChI is InChI=1S/C26H30N4S/c1-2-19-13-15-21(16-14-19)30-25(24(28-26(30)31)22-11-6-7-17-27-22)23-12-8-18-29(23)20-9-4-3-5-10-20/h6-8,11-18,20,24-25H,2-5,9-10H2,1H3,(H,28,31)/t24-,25+/m0/s1. The molecule has 1 N–H and O–H groups in total. The van der Waals surface area contributed by atoms with Crippen LogP contribution in [0.4, 0.5) is 5.69 Å². The fraction of sp³-hybridized carbons (Fsp3) is 0.385. The van der Waals surface area contributed by atoms with Crippen molar-refractivity contribution in [1.29, 1.82) is 0 Å².